The summed E-state index contributed by atoms with van der Waals surface area (Å²) in [5.41, 5.74) is 6.49. The number of benzene rings is 2. The topological polar surface area (TPSA) is 84.7 Å². The third-order valence-electron chi connectivity index (χ3n) is 3.71. The number of carbonyl (C=O) groups is 1. The minimum atomic E-state index is -0.610. The molecule has 0 saturated carbocycles. The summed E-state index contributed by atoms with van der Waals surface area (Å²) in [7, 11) is 0. The van der Waals surface area contributed by atoms with Gasteiger partial charge in [-0.3, -0.25) is 9.48 Å². The number of nitrogen functional groups attached to an aromatic ring is 1. The van der Waals surface area contributed by atoms with Gasteiger partial charge in [-0.2, -0.15) is 10.4 Å². The molecule has 0 fully saturated rings. The van der Waals surface area contributed by atoms with Crippen molar-refractivity contribution in [1.82, 2.24) is 9.78 Å². The molecule has 3 rings (SSSR count). The van der Waals surface area contributed by atoms with Crippen molar-refractivity contribution in [2.24, 2.45) is 0 Å². The number of hydrogen-bond acceptors (Lipinski definition) is 4. The first-order chi connectivity index (χ1) is 11.5. The molecular formula is C17H12ClFN4O. The SMILES string of the molecule is CCn1cc2cc(N)c(C(=O)c3cc(F)ccc3Cl)c(C#N)c2n1. The lowest BCUT2D eigenvalue weighted by atomic mass is 9.95. The largest absolute Gasteiger partial charge is 0.398 e. The molecule has 0 aliphatic heterocycles. The normalized spacial score (nSPS) is 10.8. The van der Waals surface area contributed by atoms with Crippen molar-refractivity contribution in [2.45, 2.75) is 13.5 Å². The van der Waals surface area contributed by atoms with E-state index in [0.29, 0.717) is 17.4 Å². The van der Waals surface area contributed by atoms with Crippen molar-refractivity contribution in [3.8, 4) is 6.07 Å². The van der Waals surface area contributed by atoms with Crippen LogP contribution < -0.4 is 5.73 Å². The molecule has 24 heavy (non-hydrogen) atoms. The van der Waals surface area contributed by atoms with Crippen molar-refractivity contribution in [3.05, 3.63) is 58.0 Å². The molecule has 0 saturated heterocycles. The maximum absolute atomic E-state index is 13.5. The number of aromatic nitrogens is 2. The summed E-state index contributed by atoms with van der Waals surface area (Å²) in [6.07, 6.45) is 1.75. The summed E-state index contributed by atoms with van der Waals surface area (Å²) in [6, 6.07) is 7.04. The van der Waals surface area contributed by atoms with Crippen molar-refractivity contribution >= 4 is 34.0 Å². The molecule has 1 aromatic heterocycles. The first-order valence-corrected chi connectivity index (χ1v) is 7.53. The Morgan fingerprint density at radius 2 is 2.21 bits per heavy atom. The summed E-state index contributed by atoms with van der Waals surface area (Å²) in [4.78, 5) is 12.8. The van der Waals surface area contributed by atoms with E-state index in [-0.39, 0.29) is 27.4 Å². The van der Waals surface area contributed by atoms with Gasteiger partial charge in [-0.05, 0) is 31.2 Å². The van der Waals surface area contributed by atoms with Crippen LogP contribution in [0.1, 0.15) is 28.4 Å². The fourth-order valence-electron chi connectivity index (χ4n) is 2.56. The molecule has 3 aromatic rings. The average Bonchev–Trinajstić information content (AvgIpc) is 2.97. The molecule has 0 unspecified atom stereocenters. The number of nitriles is 1. The van der Waals surface area contributed by atoms with Gasteiger partial charge < -0.3 is 5.73 Å². The Bertz CT molecular complexity index is 1020. The van der Waals surface area contributed by atoms with Gasteiger partial charge in [0.25, 0.3) is 0 Å². The number of halogens is 2. The highest BCUT2D eigenvalue weighted by Gasteiger charge is 2.23. The van der Waals surface area contributed by atoms with Crippen LogP contribution in [-0.4, -0.2) is 15.6 Å². The van der Waals surface area contributed by atoms with Crippen LogP contribution >= 0.6 is 11.6 Å². The molecule has 5 nitrogen and oxygen atoms in total. The van der Waals surface area contributed by atoms with Crippen molar-refractivity contribution in [3.63, 3.8) is 0 Å². The predicted octanol–water partition coefficient (Wildman–Crippen LogP) is 3.53. The summed E-state index contributed by atoms with van der Waals surface area (Å²) in [5.74, 6) is -1.21. The molecule has 0 atom stereocenters. The molecule has 0 radical (unpaired) electrons. The van der Waals surface area contributed by atoms with E-state index in [2.05, 4.69) is 5.10 Å². The van der Waals surface area contributed by atoms with Crippen LogP contribution in [0, 0.1) is 17.1 Å². The molecule has 7 heteroatoms. The number of nitrogens with two attached hydrogens (primary N) is 1. The second-order valence-electron chi connectivity index (χ2n) is 5.20. The van der Waals surface area contributed by atoms with Crippen molar-refractivity contribution in [2.75, 3.05) is 5.73 Å². The minimum Gasteiger partial charge on any atom is -0.398 e. The van der Waals surface area contributed by atoms with E-state index < -0.39 is 11.6 Å². The number of ketones is 1. The molecule has 2 aromatic carbocycles. The fraction of sp³-hybridized carbons (Fsp3) is 0.118. The minimum absolute atomic E-state index is 0.0150. The van der Waals surface area contributed by atoms with E-state index in [1.165, 1.54) is 6.07 Å². The van der Waals surface area contributed by atoms with Crippen LogP contribution in [0.25, 0.3) is 10.9 Å². The number of aryl methyl sites for hydroxylation is 1. The van der Waals surface area contributed by atoms with Crippen molar-refractivity contribution < 1.29 is 9.18 Å². The summed E-state index contributed by atoms with van der Waals surface area (Å²) >= 11 is 6.00. The third-order valence-corrected chi connectivity index (χ3v) is 4.04. The average molecular weight is 343 g/mol. The Morgan fingerprint density at radius 3 is 2.88 bits per heavy atom. The van der Waals surface area contributed by atoms with Gasteiger partial charge in [0.2, 0.25) is 0 Å². The Hall–Kier alpha value is -2.91. The molecule has 0 aliphatic rings. The molecule has 2 N–H and O–H groups in total. The predicted molar refractivity (Wildman–Crippen MR) is 89.4 cm³/mol. The number of anilines is 1. The van der Waals surface area contributed by atoms with E-state index in [0.717, 1.165) is 12.1 Å². The molecule has 1 heterocycles. The van der Waals surface area contributed by atoms with Gasteiger partial charge >= 0.3 is 0 Å². The van der Waals surface area contributed by atoms with Gasteiger partial charge in [-0.15, -0.1) is 0 Å². The van der Waals surface area contributed by atoms with Crippen LogP contribution in [0.3, 0.4) is 0 Å². The maximum Gasteiger partial charge on any atom is 0.198 e. The lowest BCUT2D eigenvalue weighted by molar-refractivity contribution is 0.103. The van der Waals surface area contributed by atoms with Crippen LogP contribution in [-0.2, 0) is 6.54 Å². The molecule has 0 amide bonds. The lowest BCUT2D eigenvalue weighted by Gasteiger charge is -2.09. The fourth-order valence-corrected chi connectivity index (χ4v) is 2.76. The second-order valence-corrected chi connectivity index (χ2v) is 5.61. The smallest absolute Gasteiger partial charge is 0.198 e. The first kappa shape index (κ1) is 16.0. The highest BCUT2D eigenvalue weighted by atomic mass is 35.5. The molecule has 0 spiro atoms. The van der Waals surface area contributed by atoms with E-state index in [1.807, 2.05) is 13.0 Å². The Balaban J connectivity index is 2.29. The number of nitrogens with zero attached hydrogens (tertiary/aromatic N) is 3. The zero-order valence-corrected chi connectivity index (χ0v) is 13.4. The van der Waals surface area contributed by atoms with E-state index >= 15 is 0 Å². The first-order valence-electron chi connectivity index (χ1n) is 7.15. The van der Waals surface area contributed by atoms with Gasteiger partial charge in [0.1, 0.15) is 17.4 Å². The Morgan fingerprint density at radius 1 is 1.46 bits per heavy atom. The Kier molecular flexibility index (Phi) is 3.96. The van der Waals surface area contributed by atoms with E-state index in [9.17, 15) is 14.4 Å². The zero-order chi connectivity index (χ0) is 17.4. The van der Waals surface area contributed by atoms with Gasteiger partial charge in [-0.25, -0.2) is 4.39 Å². The maximum atomic E-state index is 13.5. The van der Waals surface area contributed by atoms with Gasteiger partial charge in [0.15, 0.2) is 5.78 Å². The standard InChI is InChI=1S/C17H12ClFN4O/c1-2-23-8-9-5-14(21)15(12(7-20)16(9)22-23)17(24)11-6-10(19)3-4-13(11)18/h3-6,8H,2,21H2,1H3. The third kappa shape index (κ3) is 2.49. The number of fused-ring (bicyclic) bond motifs is 1. The molecular weight excluding hydrogens is 331 g/mol. The zero-order valence-electron chi connectivity index (χ0n) is 12.7. The van der Waals surface area contributed by atoms with Crippen molar-refractivity contribution in [1.29, 1.82) is 5.26 Å². The number of carbonyl (C=O) groups excluding carboxylic acids is 1. The molecule has 0 aliphatic carbocycles. The van der Waals surface area contributed by atoms with Gasteiger partial charge in [-0.1, -0.05) is 11.6 Å². The highest BCUT2D eigenvalue weighted by molar-refractivity contribution is 6.35. The molecule has 120 valence electrons. The van der Waals surface area contributed by atoms with E-state index in [4.69, 9.17) is 17.3 Å². The quantitative estimate of drug-likeness (QED) is 0.583. The summed E-state index contributed by atoms with van der Waals surface area (Å²) < 4.78 is 15.1. The van der Waals surface area contributed by atoms with Crippen LogP contribution in [0.5, 0.6) is 0 Å². The number of rotatable bonds is 3. The number of hydrogen-bond donors (Lipinski definition) is 1. The van der Waals surface area contributed by atoms with Crippen LogP contribution in [0.2, 0.25) is 5.02 Å². The highest BCUT2D eigenvalue weighted by Crippen LogP contribution is 2.30. The van der Waals surface area contributed by atoms with Gasteiger partial charge in [0, 0.05) is 29.4 Å². The van der Waals surface area contributed by atoms with Crippen LogP contribution in [0.15, 0.2) is 30.5 Å². The van der Waals surface area contributed by atoms with E-state index in [1.54, 1.807) is 16.9 Å². The molecule has 0 bridgehead atoms. The monoisotopic (exact) mass is 342 g/mol. The van der Waals surface area contributed by atoms with Gasteiger partial charge in [0.05, 0.1) is 16.1 Å². The summed E-state index contributed by atoms with van der Waals surface area (Å²) in [6.45, 7) is 2.51. The second kappa shape index (κ2) is 5.95. The lowest BCUT2D eigenvalue weighted by Crippen LogP contribution is -2.10. The van der Waals surface area contributed by atoms with Crippen LogP contribution in [0.4, 0.5) is 10.1 Å². The summed E-state index contributed by atoms with van der Waals surface area (Å²) in [5, 5.41) is 14.6. The Labute approximate surface area is 142 Å².